The average molecular weight is 348 g/mol. The fourth-order valence-electron chi connectivity index (χ4n) is 2.09. The highest BCUT2D eigenvalue weighted by Crippen LogP contribution is 2.31. The minimum absolute atomic E-state index is 0.670. The zero-order valence-corrected chi connectivity index (χ0v) is 14.4. The number of hydrogen-bond acceptors (Lipinski definition) is 2. The fourth-order valence-corrected chi connectivity index (χ4v) is 2.45. The van der Waals surface area contributed by atoms with Crippen LogP contribution in [0, 0.1) is 12.8 Å². The SMILES string of the molecule is Cc1cc(CNCC(C)C)ccc1Oc1ccccc1Br. The van der Waals surface area contributed by atoms with Crippen molar-refractivity contribution < 1.29 is 4.74 Å². The van der Waals surface area contributed by atoms with E-state index < -0.39 is 0 Å². The van der Waals surface area contributed by atoms with Gasteiger partial charge in [0.25, 0.3) is 0 Å². The van der Waals surface area contributed by atoms with Crippen LogP contribution in [0.2, 0.25) is 0 Å². The first-order valence-electron chi connectivity index (χ1n) is 7.29. The lowest BCUT2D eigenvalue weighted by Crippen LogP contribution is -2.18. The molecule has 0 saturated carbocycles. The van der Waals surface area contributed by atoms with Crippen LogP contribution in [0.15, 0.2) is 46.9 Å². The number of benzene rings is 2. The van der Waals surface area contributed by atoms with Gasteiger partial charge in [-0.15, -0.1) is 0 Å². The molecule has 0 aliphatic carbocycles. The van der Waals surface area contributed by atoms with E-state index in [0.717, 1.165) is 34.6 Å². The van der Waals surface area contributed by atoms with E-state index in [9.17, 15) is 0 Å². The fraction of sp³-hybridized carbons (Fsp3) is 0.333. The van der Waals surface area contributed by atoms with E-state index in [1.54, 1.807) is 0 Å². The molecule has 112 valence electrons. The molecular weight excluding hydrogens is 326 g/mol. The summed E-state index contributed by atoms with van der Waals surface area (Å²) >= 11 is 3.51. The Labute approximate surface area is 135 Å². The lowest BCUT2D eigenvalue weighted by atomic mass is 10.1. The molecule has 0 atom stereocenters. The van der Waals surface area contributed by atoms with Crippen LogP contribution in [0.5, 0.6) is 11.5 Å². The second kappa shape index (κ2) is 7.62. The second-order valence-electron chi connectivity index (χ2n) is 5.66. The Bertz CT molecular complexity index is 596. The predicted octanol–water partition coefficient (Wildman–Crippen LogP) is 5.30. The van der Waals surface area contributed by atoms with E-state index in [0.29, 0.717) is 5.92 Å². The maximum absolute atomic E-state index is 5.97. The van der Waals surface area contributed by atoms with Gasteiger partial charge in [0.1, 0.15) is 11.5 Å². The van der Waals surface area contributed by atoms with Gasteiger partial charge in [-0.25, -0.2) is 0 Å². The summed E-state index contributed by atoms with van der Waals surface area (Å²) in [7, 11) is 0. The molecule has 1 N–H and O–H groups in total. The lowest BCUT2D eigenvalue weighted by Gasteiger charge is -2.12. The summed E-state index contributed by atoms with van der Waals surface area (Å²) in [6, 6.07) is 14.2. The van der Waals surface area contributed by atoms with Crippen LogP contribution in [-0.2, 0) is 6.54 Å². The minimum Gasteiger partial charge on any atom is -0.456 e. The predicted molar refractivity (Wildman–Crippen MR) is 91.9 cm³/mol. The summed E-state index contributed by atoms with van der Waals surface area (Å²) in [6.45, 7) is 8.44. The average Bonchev–Trinajstić information content (AvgIpc) is 2.43. The van der Waals surface area contributed by atoms with Crippen molar-refractivity contribution in [3.8, 4) is 11.5 Å². The van der Waals surface area contributed by atoms with Gasteiger partial charge in [0.05, 0.1) is 4.47 Å². The Kier molecular flexibility index (Phi) is 5.83. The summed E-state index contributed by atoms with van der Waals surface area (Å²) in [5, 5.41) is 3.46. The van der Waals surface area contributed by atoms with Crippen molar-refractivity contribution in [3.63, 3.8) is 0 Å². The zero-order valence-electron chi connectivity index (χ0n) is 12.8. The molecular formula is C18H22BrNO. The molecule has 0 saturated heterocycles. The highest BCUT2D eigenvalue weighted by Gasteiger charge is 2.05. The number of para-hydroxylation sites is 1. The topological polar surface area (TPSA) is 21.3 Å². The largest absolute Gasteiger partial charge is 0.456 e. The first kappa shape index (κ1) is 16.1. The minimum atomic E-state index is 0.670. The van der Waals surface area contributed by atoms with E-state index in [1.165, 1.54) is 5.56 Å². The molecule has 0 fully saturated rings. The monoisotopic (exact) mass is 347 g/mol. The normalized spacial score (nSPS) is 10.9. The maximum atomic E-state index is 5.97. The molecule has 0 amide bonds. The molecule has 0 radical (unpaired) electrons. The number of rotatable bonds is 6. The summed E-state index contributed by atoms with van der Waals surface area (Å²) in [6.07, 6.45) is 0. The standard InChI is InChI=1S/C18H22BrNO/c1-13(2)11-20-12-15-8-9-17(14(3)10-15)21-18-7-5-4-6-16(18)19/h4-10,13,20H,11-12H2,1-3H3. The van der Waals surface area contributed by atoms with Crippen LogP contribution in [0.25, 0.3) is 0 Å². The lowest BCUT2D eigenvalue weighted by molar-refractivity contribution is 0.475. The molecule has 0 aromatic heterocycles. The zero-order chi connectivity index (χ0) is 15.2. The van der Waals surface area contributed by atoms with Gasteiger partial charge in [0.15, 0.2) is 0 Å². The van der Waals surface area contributed by atoms with Crippen molar-refractivity contribution in [3.05, 3.63) is 58.1 Å². The molecule has 0 spiro atoms. The highest BCUT2D eigenvalue weighted by molar-refractivity contribution is 9.10. The van der Waals surface area contributed by atoms with Crippen LogP contribution < -0.4 is 10.1 Å². The third-order valence-electron chi connectivity index (χ3n) is 3.18. The van der Waals surface area contributed by atoms with Gasteiger partial charge in [0, 0.05) is 6.54 Å². The third-order valence-corrected chi connectivity index (χ3v) is 3.83. The molecule has 2 nitrogen and oxygen atoms in total. The van der Waals surface area contributed by atoms with Gasteiger partial charge in [-0.2, -0.15) is 0 Å². The quantitative estimate of drug-likeness (QED) is 0.765. The number of nitrogens with one attached hydrogen (secondary N) is 1. The van der Waals surface area contributed by atoms with Crippen molar-refractivity contribution in [2.45, 2.75) is 27.3 Å². The molecule has 3 heteroatoms. The highest BCUT2D eigenvalue weighted by atomic mass is 79.9. The second-order valence-corrected chi connectivity index (χ2v) is 6.51. The van der Waals surface area contributed by atoms with E-state index >= 15 is 0 Å². The summed E-state index contributed by atoms with van der Waals surface area (Å²) in [4.78, 5) is 0. The molecule has 0 aliphatic rings. The first-order chi connectivity index (χ1) is 10.1. The maximum Gasteiger partial charge on any atom is 0.141 e. The number of aryl methyl sites for hydroxylation is 1. The summed E-state index contributed by atoms with van der Waals surface area (Å²) in [5.41, 5.74) is 2.43. The third kappa shape index (κ3) is 4.87. The molecule has 0 aliphatic heterocycles. The van der Waals surface area contributed by atoms with Crippen LogP contribution in [0.1, 0.15) is 25.0 Å². The molecule has 2 aromatic rings. The van der Waals surface area contributed by atoms with Gasteiger partial charge in [-0.1, -0.05) is 38.1 Å². The van der Waals surface area contributed by atoms with Gasteiger partial charge < -0.3 is 10.1 Å². The van der Waals surface area contributed by atoms with Crippen molar-refractivity contribution in [2.75, 3.05) is 6.54 Å². The smallest absolute Gasteiger partial charge is 0.141 e. The molecule has 21 heavy (non-hydrogen) atoms. The van der Waals surface area contributed by atoms with Crippen LogP contribution in [0.3, 0.4) is 0 Å². The Balaban J connectivity index is 2.04. The van der Waals surface area contributed by atoms with Gasteiger partial charge in [-0.3, -0.25) is 0 Å². The number of hydrogen-bond donors (Lipinski definition) is 1. The number of ether oxygens (including phenoxy) is 1. The Morgan fingerprint density at radius 2 is 1.86 bits per heavy atom. The van der Waals surface area contributed by atoms with Crippen LogP contribution >= 0.6 is 15.9 Å². The molecule has 2 aromatic carbocycles. The van der Waals surface area contributed by atoms with E-state index in [1.807, 2.05) is 30.3 Å². The van der Waals surface area contributed by atoms with Crippen LogP contribution in [-0.4, -0.2) is 6.54 Å². The molecule has 2 rings (SSSR count). The Hall–Kier alpha value is -1.32. The Morgan fingerprint density at radius 3 is 2.52 bits per heavy atom. The summed E-state index contributed by atoms with van der Waals surface area (Å²) < 4.78 is 6.94. The Morgan fingerprint density at radius 1 is 1.10 bits per heavy atom. The summed E-state index contributed by atoms with van der Waals surface area (Å²) in [5.74, 6) is 2.41. The first-order valence-corrected chi connectivity index (χ1v) is 8.08. The van der Waals surface area contributed by atoms with E-state index in [4.69, 9.17) is 4.74 Å². The van der Waals surface area contributed by atoms with Crippen molar-refractivity contribution in [1.82, 2.24) is 5.32 Å². The molecule has 0 bridgehead atoms. The van der Waals surface area contributed by atoms with E-state index in [2.05, 4.69) is 54.2 Å². The van der Waals surface area contributed by atoms with Gasteiger partial charge in [0.2, 0.25) is 0 Å². The van der Waals surface area contributed by atoms with Crippen molar-refractivity contribution in [2.24, 2.45) is 5.92 Å². The molecule has 0 heterocycles. The number of halogens is 1. The van der Waals surface area contributed by atoms with Crippen LogP contribution in [0.4, 0.5) is 0 Å². The van der Waals surface area contributed by atoms with Gasteiger partial charge >= 0.3 is 0 Å². The van der Waals surface area contributed by atoms with Crippen molar-refractivity contribution >= 4 is 15.9 Å². The van der Waals surface area contributed by atoms with Gasteiger partial charge in [-0.05, 0) is 64.6 Å². The van der Waals surface area contributed by atoms with E-state index in [-0.39, 0.29) is 0 Å². The molecule has 0 unspecified atom stereocenters. The van der Waals surface area contributed by atoms with Crippen molar-refractivity contribution in [1.29, 1.82) is 0 Å².